The Morgan fingerprint density at radius 3 is 2.57 bits per heavy atom. The Morgan fingerprint density at radius 2 is 1.95 bits per heavy atom. The summed E-state index contributed by atoms with van der Waals surface area (Å²) in [5.74, 6) is 0.159. The van der Waals surface area contributed by atoms with E-state index in [-0.39, 0.29) is 17.2 Å². The molecule has 4 heteroatoms. The number of nitrogens with two attached hydrogens (primary N) is 1. The zero-order valence-electron chi connectivity index (χ0n) is 12.8. The molecule has 1 heterocycles. The van der Waals surface area contributed by atoms with E-state index in [1.165, 1.54) is 11.3 Å². The van der Waals surface area contributed by atoms with Gasteiger partial charge < -0.3 is 5.73 Å². The first kappa shape index (κ1) is 15.9. The van der Waals surface area contributed by atoms with Crippen molar-refractivity contribution in [2.75, 3.05) is 0 Å². The Kier molecular flexibility index (Phi) is 4.91. The number of hydrogen-bond donors (Lipinski definition) is 1. The topological polar surface area (TPSA) is 56.0 Å². The summed E-state index contributed by atoms with van der Waals surface area (Å²) in [6.07, 6.45) is 0.783. The van der Waals surface area contributed by atoms with Crippen LogP contribution in [0.15, 0.2) is 35.7 Å². The predicted molar refractivity (Wildman–Crippen MR) is 88.3 cm³/mol. The average Bonchev–Trinajstić information content (AvgIpc) is 2.87. The highest BCUT2D eigenvalue weighted by Gasteiger charge is 2.23. The highest BCUT2D eigenvalue weighted by molar-refractivity contribution is 7.10. The number of hydrogen-bond acceptors (Lipinski definition) is 4. The minimum absolute atomic E-state index is 0.0479. The molecule has 0 amide bonds. The molecule has 0 spiro atoms. The molecule has 1 atom stereocenters. The number of benzene rings is 1. The Hall–Kier alpha value is -1.52. The molecule has 1 unspecified atom stereocenters. The number of Topliss-reactive ketones (excluding diaryl/α,β-unsaturated/α-hetero) is 1. The van der Waals surface area contributed by atoms with Crippen LogP contribution in [0.5, 0.6) is 0 Å². The van der Waals surface area contributed by atoms with Gasteiger partial charge >= 0.3 is 0 Å². The van der Waals surface area contributed by atoms with Crippen LogP contribution in [-0.4, -0.2) is 16.8 Å². The monoisotopic (exact) mass is 302 g/mol. The summed E-state index contributed by atoms with van der Waals surface area (Å²) >= 11 is 1.53. The lowest BCUT2D eigenvalue weighted by atomic mass is 9.84. The summed E-state index contributed by atoms with van der Waals surface area (Å²) in [4.78, 5) is 16.6. The fourth-order valence-corrected chi connectivity index (χ4v) is 2.76. The van der Waals surface area contributed by atoms with E-state index >= 15 is 0 Å². The molecule has 0 aliphatic carbocycles. The third kappa shape index (κ3) is 4.48. The standard InChI is InChI=1S/C17H22N2OS/c1-17(2,3)15(18)9-13(20)10-16-19-14(11-21-16)12-7-5-4-6-8-12/h4-8,11,15H,9-10,18H2,1-3H3. The van der Waals surface area contributed by atoms with Crippen LogP contribution < -0.4 is 5.73 Å². The lowest BCUT2D eigenvalue weighted by molar-refractivity contribution is -0.119. The van der Waals surface area contributed by atoms with E-state index in [1.54, 1.807) is 0 Å². The minimum atomic E-state index is -0.112. The van der Waals surface area contributed by atoms with E-state index < -0.39 is 0 Å². The summed E-state index contributed by atoms with van der Waals surface area (Å²) in [6, 6.07) is 9.89. The average molecular weight is 302 g/mol. The number of carbonyl (C=O) groups excluding carboxylic acids is 1. The van der Waals surface area contributed by atoms with Crippen molar-refractivity contribution < 1.29 is 4.79 Å². The third-order valence-corrected chi connectivity index (χ3v) is 4.38. The maximum absolute atomic E-state index is 12.1. The molecule has 1 aromatic carbocycles. The van der Waals surface area contributed by atoms with Crippen molar-refractivity contribution in [1.82, 2.24) is 4.98 Å². The molecule has 3 nitrogen and oxygen atoms in total. The number of aromatic nitrogens is 1. The molecular formula is C17H22N2OS. The summed E-state index contributed by atoms with van der Waals surface area (Å²) in [5.41, 5.74) is 8.03. The van der Waals surface area contributed by atoms with Gasteiger partial charge in [-0.15, -0.1) is 11.3 Å². The van der Waals surface area contributed by atoms with Gasteiger partial charge in [-0.3, -0.25) is 4.79 Å². The smallest absolute Gasteiger partial charge is 0.141 e. The molecule has 0 aliphatic heterocycles. The second kappa shape index (κ2) is 6.50. The number of nitrogens with zero attached hydrogens (tertiary/aromatic N) is 1. The van der Waals surface area contributed by atoms with E-state index in [9.17, 15) is 4.79 Å². The number of carbonyl (C=O) groups is 1. The van der Waals surface area contributed by atoms with E-state index in [4.69, 9.17) is 5.73 Å². The van der Waals surface area contributed by atoms with E-state index in [1.807, 2.05) is 35.7 Å². The molecule has 0 radical (unpaired) electrons. The van der Waals surface area contributed by atoms with Crippen molar-refractivity contribution in [3.8, 4) is 11.3 Å². The van der Waals surface area contributed by atoms with Crippen LogP contribution in [-0.2, 0) is 11.2 Å². The Labute approximate surface area is 130 Å². The van der Waals surface area contributed by atoms with Crippen molar-refractivity contribution in [3.05, 3.63) is 40.7 Å². The maximum Gasteiger partial charge on any atom is 0.141 e. The van der Waals surface area contributed by atoms with E-state index in [0.717, 1.165) is 16.3 Å². The van der Waals surface area contributed by atoms with Crippen molar-refractivity contribution >= 4 is 17.1 Å². The second-order valence-corrected chi connectivity index (χ2v) is 7.33. The van der Waals surface area contributed by atoms with Crippen LogP contribution in [0.2, 0.25) is 0 Å². The Bertz CT molecular complexity index is 599. The van der Waals surface area contributed by atoms with Crippen molar-refractivity contribution in [2.45, 2.75) is 39.7 Å². The largest absolute Gasteiger partial charge is 0.327 e. The van der Waals surface area contributed by atoms with Gasteiger partial charge in [-0.2, -0.15) is 0 Å². The molecule has 2 N–H and O–H groups in total. The maximum atomic E-state index is 12.1. The van der Waals surface area contributed by atoms with Gasteiger partial charge in [0.05, 0.1) is 12.1 Å². The molecular weight excluding hydrogens is 280 g/mol. The zero-order valence-corrected chi connectivity index (χ0v) is 13.6. The van der Waals surface area contributed by atoms with Gasteiger partial charge in [0.2, 0.25) is 0 Å². The normalized spacial score (nSPS) is 13.1. The molecule has 0 fully saturated rings. The van der Waals surface area contributed by atoms with Crippen molar-refractivity contribution in [3.63, 3.8) is 0 Å². The van der Waals surface area contributed by atoms with Crippen molar-refractivity contribution in [1.29, 1.82) is 0 Å². The van der Waals surface area contributed by atoms with Crippen LogP contribution in [0.1, 0.15) is 32.2 Å². The number of thiazole rings is 1. The molecule has 0 aliphatic rings. The van der Waals surface area contributed by atoms with Crippen LogP contribution in [0.25, 0.3) is 11.3 Å². The second-order valence-electron chi connectivity index (χ2n) is 6.38. The molecule has 21 heavy (non-hydrogen) atoms. The lowest BCUT2D eigenvalue weighted by Crippen LogP contribution is -2.37. The molecule has 2 rings (SSSR count). The summed E-state index contributed by atoms with van der Waals surface area (Å²) in [7, 11) is 0. The van der Waals surface area contributed by atoms with Crippen LogP contribution in [0.3, 0.4) is 0 Å². The van der Waals surface area contributed by atoms with Gasteiger partial charge in [-0.1, -0.05) is 51.1 Å². The summed E-state index contributed by atoms with van der Waals surface area (Å²) < 4.78 is 0. The fraction of sp³-hybridized carbons (Fsp3) is 0.412. The third-order valence-electron chi connectivity index (χ3n) is 3.53. The first-order chi connectivity index (χ1) is 9.86. The van der Waals surface area contributed by atoms with Gasteiger partial charge in [0.1, 0.15) is 10.8 Å². The van der Waals surface area contributed by atoms with Gasteiger partial charge in [0.15, 0.2) is 0 Å². The Morgan fingerprint density at radius 1 is 1.29 bits per heavy atom. The Balaban J connectivity index is 1.98. The van der Waals surface area contributed by atoms with E-state index in [2.05, 4.69) is 25.8 Å². The molecule has 0 saturated heterocycles. The molecule has 1 aromatic heterocycles. The van der Waals surface area contributed by atoms with Gasteiger partial charge in [0, 0.05) is 23.4 Å². The summed E-state index contributed by atoms with van der Waals surface area (Å²) in [6.45, 7) is 6.17. The molecule has 0 bridgehead atoms. The molecule has 2 aromatic rings. The SMILES string of the molecule is CC(C)(C)C(N)CC(=O)Cc1nc(-c2ccccc2)cs1. The molecule has 0 saturated carbocycles. The van der Waals surface area contributed by atoms with Crippen LogP contribution in [0.4, 0.5) is 0 Å². The van der Waals surface area contributed by atoms with Gasteiger partial charge in [-0.25, -0.2) is 4.98 Å². The first-order valence-electron chi connectivity index (χ1n) is 7.13. The van der Waals surface area contributed by atoms with Crippen molar-refractivity contribution in [2.24, 2.45) is 11.1 Å². The van der Waals surface area contributed by atoms with Gasteiger partial charge in [0.25, 0.3) is 0 Å². The minimum Gasteiger partial charge on any atom is -0.327 e. The van der Waals surface area contributed by atoms with E-state index in [0.29, 0.717) is 12.8 Å². The number of rotatable bonds is 5. The summed E-state index contributed by atoms with van der Waals surface area (Å²) in [5, 5.41) is 2.86. The lowest BCUT2D eigenvalue weighted by Gasteiger charge is -2.26. The zero-order chi connectivity index (χ0) is 15.5. The van der Waals surface area contributed by atoms with Crippen LogP contribution >= 0.6 is 11.3 Å². The predicted octanol–water partition coefficient (Wildman–Crippen LogP) is 3.69. The number of ketones is 1. The highest BCUT2D eigenvalue weighted by Crippen LogP contribution is 2.23. The van der Waals surface area contributed by atoms with Gasteiger partial charge in [-0.05, 0) is 5.41 Å². The molecule has 112 valence electrons. The highest BCUT2D eigenvalue weighted by atomic mass is 32.1. The first-order valence-corrected chi connectivity index (χ1v) is 8.01. The quantitative estimate of drug-likeness (QED) is 0.916. The van der Waals surface area contributed by atoms with Crippen LogP contribution in [0, 0.1) is 5.41 Å². The fourth-order valence-electron chi connectivity index (χ4n) is 1.93.